The lowest BCUT2D eigenvalue weighted by Gasteiger charge is -2.16. The zero-order valence-corrected chi connectivity index (χ0v) is 9.62. The maximum Gasteiger partial charge on any atom is 0.293 e. The molecule has 0 saturated heterocycles. The number of anilines is 1. The lowest BCUT2D eigenvalue weighted by Crippen LogP contribution is -2.31. The summed E-state index contributed by atoms with van der Waals surface area (Å²) < 4.78 is 1.49. The molecule has 0 aliphatic heterocycles. The van der Waals surface area contributed by atoms with E-state index < -0.39 is 0 Å². The largest absolute Gasteiger partial charge is 0.393 e. The fourth-order valence-electron chi connectivity index (χ4n) is 1.13. The van der Waals surface area contributed by atoms with Crippen molar-refractivity contribution in [3.8, 4) is 0 Å². The van der Waals surface area contributed by atoms with Crippen LogP contribution < -0.4 is 16.2 Å². The number of aryl methyl sites for hydroxylation is 1. The van der Waals surface area contributed by atoms with E-state index in [1.54, 1.807) is 31.4 Å². The molecule has 0 spiro atoms. The molecule has 2 N–H and O–H groups in total. The summed E-state index contributed by atoms with van der Waals surface area (Å²) in [4.78, 5) is 17.9. The summed E-state index contributed by atoms with van der Waals surface area (Å²) in [6.07, 6.45) is 3.78. The monoisotopic (exact) mass is 226 g/mol. The van der Waals surface area contributed by atoms with Crippen LogP contribution in [0.4, 0.5) is 5.82 Å². The molecule has 0 bridgehead atoms. The molecule has 0 fully saturated rings. The molecule has 1 aromatic rings. The second-order valence-corrected chi connectivity index (χ2v) is 3.83. The molecule has 1 heterocycles. The Hall–Kier alpha value is -1.43. The van der Waals surface area contributed by atoms with E-state index in [1.807, 2.05) is 0 Å². The van der Waals surface area contributed by atoms with Gasteiger partial charge in [-0.15, -0.1) is 0 Å². The van der Waals surface area contributed by atoms with Crippen LogP contribution in [0.2, 0.25) is 0 Å². The van der Waals surface area contributed by atoms with Crippen LogP contribution in [0.15, 0.2) is 17.2 Å². The van der Waals surface area contributed by atoms with Crippen LogP contribution in [0.5, 0.6) is 0 Å². The molecule has 0 unspecified atom stereocenters. The fourth-order valence-corrected chi connectivity index (χ4v) is 1.22. The third-order valence-corrected chi connectivity index (χ3v) is 2.26. The highest BCUT2D eigenvalue weighted by Crippen LogP contribution is 2.00. The fraction of sp³-hybridized carbons (Fsp3) is 0.444. The smallest absolute Gasteiger partial charge is 0.293 e. The minimum atomic E-state index is -0.122. The van der Waals surface area contributed by atoms with Gasteiger partial charge in [0.1, 0.15) is 0 Å². The van der Waals surface area contributed by atoms with E-state index in [0.717, 1.165) is 0 Å². The third-order valence-electron chi connectivity index (χ3n) is 2.05. The van der Waals surface area contributed by atoms with Gasteiger partial charge < -0.3 is 15.2 Å². The number of nitrogens with two attached hydrogens (primary N) is 1. The Labute approximate surface area is 93.5 Å². The summed E-state index contributed by atoms with van der Waals surface area (Å²) in [5.41, 5.74) is 5.27. The summed E-state index contributed by atoms with van der Waals surface area (Å²) in [5.74, 6) is 0.413. The highest BCUT2D eigenvalue weighted by molar-refractivity contribution is 7.80. The number of rotatable bonds is 4. The Morgan fingerprint density at radius 1 is 1.73 bits per heavy atom. The summed E-state index contributed by atoms with van der Waals surface area (Å²) in [6, 6.07) is 0. The SMILES string of the molecule is CN(CCC(N)=S)c1nccn(C)c1=O. The Bertz CT molecular complexity index is 415. The molecule has 0 atom stereocenters. The van der Waals surface area contributed by atoms with Crippen molar-refractivity contribution in [2.75, 3.05) is 18.5 Å². The van der Waals surface area contributed by atoms with Crippen molar-refractivity contribution < 1.29 is 0 Å². The lowest BCUT2D eigenvalue weighted by atomic mass is 10.4. The van der Waals surface area contributed by atoms with Gasteiger partial charge in [-0.1, -0.05) is 12.2 Å². The van der Waals surface area contributed by atoms with E-state index in [1.165, 1.54) is 4.57 Å². The third kappa shape index (κ3) is 3.02. The van der Waals surface area contributed by atoms with Crippen molar-refractivity contribution in [2.45, 2.75) is 6.42 Å². The second-order valence-electron chi connectivity index (χ2n) is 3.30. The summed E-state index contributed by atoms with van der Waals surface area (Å²) in [7, 11) is 3.48. The molecule has 1 aromatic heterocycles. The number of thiocarbonyl (C=S) groups is 1. The van der Waals surface area contributed by atoms with Gasteiger partial charge in [-0.05, 0) is 0 Å². The van der Waals surface area contributed by atoms with Gasteiger partial charge in [0.15, 0.2) is 5.82 Å². The van der Waals surface area contributed by atoms with Crippen molar-refractivity contribution in [3.05, 3.63) is 22.7 Å². The van der Waals surface area contributed by atoms with Crippen LogP contribution >= 0.6 is 12.2 Å². The van der Waals surface area contributed by atoms with E-state index >= 15 is 0 Å². The van der Waals surface area contributed by atoms with Crippen molar-refractivity contribution in [1.29, 1.82) is 0 Å². The number of aromatic nitrogens is 2. The first-order chi connectivity index (χ1) is 7.02. The number of nitrogens with zero attached hydrogens (tertiary/aromatic N) is 3. The van der Waals surface area contributed by atoms with Crippen LogP contribution in [0.25, 0.3) is 0 Å². The van der Waals surface area contributed by atoms with Crippen LogP contribution in [-0.2, 0) is 7.05 Å². The molecule has 5 nitrogen and oxygen atoms in total. The van der Waals surface area contributed by atoms with E-state index in [-0.39, 0.29) is 5.56 Å². The minimum absolute atomic E-state index is 0.122. The van der Waals surface area contributed by atoms with Crippen molar-refractivity contribution in [2.24, 2.45) is 12.8 Å². The zero-order valence-electron chi connectivity index (χ0n) is 8.80. The van der Waals surface area contributed by atoms with Gasteiger partial charge in [0.25, 0.3) is 5.56 Å². The van der Waals surface area contributed by atoms with Gasteiger partial charge in [0.2, 0.25) is 0 Å². The quantitative estimate of drug-likeness (QED) is 0.726. The van der Waals surface area contributed by atoms with Gasteiger partial charge in [0.05, 0.1) is 4.99 Å². The Balaban J connectivity index is 2.82. The van der Waals surface area contributed by atoms with Gasteiger partial charge in [-0.2, -0.15) is 0 Å². The summed E-state index contributed by atoms with van der Waals surface area (Å²) in [6.45, 7) is 0.599. The predicted octanol–water partition coefficient (Wildman–Crippen LogP) is -0.107. The number of hydrogen-bond donors (Lipinski definition) is 1. The van der Waals surface area contributed by atoms with Gasteiger partial charge in [-0.25, -0.2) is 4.98 Å². The number of hydrogen-bond acceptors (Lipinski definition) is 4. The van der Waals surface area contributed by atoms with E-state index in [0.29, 0.717) is 23.8 Å². The molecule has 15 heavy (non-hydrogen) atoms. The molecule has 82 valence electrons. The average Bonchev–Trinajstić information content (AvgIpc) is 2.18. The second kappa shape index (κ2) is 4.88. The van der Waals surface area contributed by atoms with E-state index in [9.17, 15) is 4.79 Å². The van der Waals surface area contributed by atoms with Crippen molar-refractivity contribution in [1.82, 2.24) is 9.55 Å². The average molecular weight is 226 g/mol. The first kappa shape index (κ1) is 11.6. The Kier molecular flexibility index (Phi) is 3.79. The molecule has 1 rings (SSSR count). The van der Waals surface area contributed by atoms with Crippen molar-refractivity contribution in [3.63, 3.8) is 0 Å². The van der Waals surface area contributed by atoms with E-state index in [4.69, 9.17) is 18.0 Å². The van der Waals surface area contributed by atoms with E-state index in [2.05, 4.69) is 4.98 Å². The minimum Gasteiger partial charge on any atom is -0.393 e. The van der Waals surface area contributed by atoms with Crippen LogP contribution in [-0.4, -0.2) is 28.1 Å². The molecule has 0 amide bonds. The van der Waals surface area contributed by atoms with Gasteiger partial charge in [-0.3, -0.25) is 4.79 Å². The van der Waals surface area contributed by atoms with Crippen molar-refractivity contribution >= 4 is 23.0 Å². The van der Waals surface area contributed by atoms with Crippen LogP contribution in [0.3, 0.4) is 0 Å². The molecular formula is C9H14N4OS. The Morgan fingerprint density at radius 3 is 3.00 bits per heavy atom. The molecule has 6 heteroatoms. The Morgan fingerprint density at radius 2 is 2.40 bits per heavy atom. The maximum absolute atomic E-state index is 11.6. The van der Waals surface area contributed by atoms with Gasteiger partial charge >= 0.3 is 0 Å². The molecule has 0 saturated carbocycles. The molecule has 0 radical (unpaired) electrons. The first-order valence-corrected chi connectivity index (χ1v) is 4.94. The highest BCUT2D eigenvalue weighted by Gasteiger charge is 2.08. The highest BCUT2D eigenvalue weighted by atomic mass is 32.1. The topological polar surface area (TPSA) is 64.2 Å². The lowest BCUT2D eigenvalue weighted by molar-refractivity contribution is 0.805. The molecule has 0 aliphatic rings. The maximum atomic E-state index is 11.6. The summed E-state index contributed by atoms with van der Waals surface area (Å²) >= 11 is 4.77. The molecule has 0 aliphatic carbocycles. The summed E-state index contributed by atoms with van der Waals surface area (Å²) in [5, 5.41) is 0. The van der Waals surface area contributed by atoms with Crippen LogP contribution in [0, 0.1) is 0 Å². The normalized spacial score (nSPS) is 10.0. The standard InChI is InChI=1S/C9H14N4OS/c1-12(5-3-7(10)15)8-9(14)13(2)6-4-11-8/h4,6H,3,5H2,1-2H3,(H2,10,15). The van der Waals surface area contributed by atoms with Gasteiger partial charge in [0, 0.05) is 39.5 Å². The van der Waals surface area contributed by atoms with Crippen LogP contribution in [0.1, 0.15) is 6.42 Å². The first-order valence-electron chi connectivity index (χ1n) is 4.53. The molecular weight excluding hydrogens is 212 g/mol. The zero-order chi connectivity index (χ0) is 11.4. The predicted molar refractivity (Wildman–Crippen MR) is 64.2 cm³/mol. The molecule has 0 aromatic carbocycles.